The van der Waals surface area contributed by atoms with Gasteiger partial charge in [-0.3, -0.25) is 4.79 Å². The van der Waals surface area contributed by atoms with Crippen LogP contribution < -0.4 is 0 Å². The molecule has 0 radical (unpaired) electrons. The van der Waals surface area contributed by atoms with E-state index < -0.39 is 10.0 Å². The van der Waals surface area contributed by atoms with E-state index >= 15 is 0 Å². The van der Waals surface area contributed by atoms with Crippen molar-refractivity contribution in [3.63, 3.8) is 0 Å². The first-order valence-electron chi connectivity index (χ1n) is 7.70. The van der Waals surface area contributed by atoms with Crippen molar-refractivity contribution in [1.82, 2.24) is 4.31 Å². The first-order chi connectivity index (χ1) is 9.95. The van der Waals surface area contributed by atoms with Crippen molar-refractivity contribution in [2.75, 3.05) is 19.4 Å². The number of aliphatic hydroxyl groups is 1. The fourth-order valence-electron chi connectivity index (χ4n) is 3.58. The van der Waals surface area contributed by atoms with Crippen LogP contribution in [0.1, 0.15) is 44.9 Å². The number of nitrogens with zero attached hydrogens (tertiary/aromatic N) is 1. The lowest BCUT2D eigenvalue weighted by Gasteiger charge is -2.30. The number of sulfonamides is 1. The van der Waals surface area contributed by atoms with Gasteiger partial charge in [-0.25, -0.2) is 8.42 Å². The molecule has 0 bridgehead atoms. The minimum atomic E-state index is -3.36. The van der Waals surface area contributed by atoms with E-state index in [-0.39, 0.29) is 42.6 Å². The third-order valence-electron chi connectivity index (χ3n) is 4.64. The first-order valence-corrected chi connectivity index (χ1v) is 9.31. The highest BCUT2D eigenvalue weighted by Crippen LogP contribution is 2.37. The normalized spacial score (nSPS) is 30.7. The zero-order valence-electron chi connectivity index (χ0n) is 12.5. The molecule has 1 heterocycles. The molecule has 21 heavy (non-hydrogen) atoms. The fraction of sp³-hybridized carbons (Fsp3) is 0.929. The highest BCUT2D eigenvalue weighted by Gasteiger charge is 2.42. The minimum absolute atomic E-state index is 0.0264. The molecule has 2 rings (SSSR count). The van der Waals surface area contributed by atoms with Gasteiger partial charge in [0.15, 0.2) is 0 Å². The van der Waals surface area contributed by atoms with Crippen LogP contribution in [0, 0.1) is 5.92 Å². The van der Waals surface area contributed by atoms with Crippen LogP contribution >= 0.6 is 0 Å². The van der Waals surface area contributed by atoms with Crippen LogP contribution in [0.4, 0.5) is 0 Å². The van der Waals surface area contributed by atoms with Crippen molar-refractivity contribution in [3.05, 3.63) is 0 Å². The summed E-state index contributed by atoms with van der Waals surface area (Å²) in [6, 6.07) is -0.0642. The first kappa shape index (κ1) is 16.7. The SMILES string of the molecule is COC(=O)CCCS(=O)(=O)N1CCCC1C1CCCC1O. The smallest absolute Gasteiger partial charge is 0.305 e. The summed E-state index contributed by atoms with van der Waals surface area (Å²) in [7, 11) is -2.06. The van der Waals surface area contributed by atoms with Gasteiger partial charge in [-0.1, -0.05) is 6.42 Å². The molecule has 0 amide bonds. The van der Waals surface area contributed by atoms with Gasteiger partial charge < -0.3 is 9.84 Å². The third kappa shape index (κ3) is 3.96. The van der Waals surface area contributed by atoms with Gasteiger partial charge in [0.1, 0.15) is 0 Å². The van der Waals surface area contributed by atoms with E-state index in [2.05, 4.69) is 4.74 Å². The molecule has 6 nitrogen and oxygen atoms in total. The molecule has 2 fully saturated rings. The van der Waals surface area contributed by atoms with E-state index in [0.29, 0.717) is 6.54 Å². The van der Waals surface area contributed by atoms with Crippen molar-refractivity contribution in [3.8, 4) is 0 Å². The van der Waals surface area contributed by atoms with Gasteiger partial charge in [-0.2, -0.15) is 4.31 Å². The van der Waals surface area contributed by atoms with Gasteiger partial charge in [0.25, 0.3) is 0 Å². The van der Waals surface area contributed by atoms with Gasteiger partial charge >= 0.3 is 5.97 Å². The topological polar surface area (TPSA) is 83.9 Å². The lowest BCUT2D eigenvalue weighted by Crippen LogP contribution is -2.43. The predicted molar refractivity (Wildman–Crippen MR) is 78.1 cm³/mol. The molecule has 1 saturated carbocycles. The third-order valence-corrected chi connectivity index (χ3v) is 6.61. The van der Waals surface area contributed by atoms with E-state index in [9.17, 15) is 18.3 Å². The number of esters is 1. The fourth-order valence-corrected chi connectivity index (χ4v) is 5.40. The lowest BCUT2D eigenvalue weighted by molar-refractivity contribution is -0.140. The number of ether oxygens (including phenoxy) is 1. The molecule has 0 aromatic heterocycles. The van der Waals surface area contributed by atoms with Gasteiger partial charge in [0, 0.05) is 24.9 Å². The Morgan fingerprint density at radius 3 is 2.67 bits per heavy atom. The standard InChI is InChI=1S/C14H25NO5S/c1-20-14(17)8-4-10-21(18,19)15-9-3-6-12(15)11-5-2-7-13(11)16/h11-13,16H,2-10H2,1H3. The van der Waals surface area contributed by atoms with E-state index in [0.717, 1.165) is 32.1 Å². The molecule has 1 saturated heterocycles. The highest BCUT2D eigenvalue weighted by atomic mass is 32.2. The molecule has 0 aromatic carbocycles. The number of methoxy groups -OCH3 is 1. The average molecular weight is 319 g/mol. The van der Waals surface area contributed by atoms with Crippen molar-refractivity contribution in [1.29, 1.82) is 0 Å². The Hall–Kier alpha value is -0.660. The maximum absolute atomic E-state index is 12.5. The number of hydrogen-bond donors (Lipinski definition) is 1. The van der Waals surface area contributed by atoms with Crippen LogP contribution in [0.15, 0.2) is 0 Å². The van der Waals surface area contributed by atoms with Crippen molar-refractivity contribution in [2.24, 2.45) is 5.92 Å². The summed E-state index contributed by atoms with van der Waals surface area (Å²) >= 11 is 0. The van der Waals surface area contributed by atoms with Crippen LogP contribution in [-0.4, -0.2) is 55.4 Å². The summed E-state index contributed by atoms with van der Waals surface area (Å²) < 4.78 is 31.0. The average Bonchev–Trinajstić information content (AvgIpc) is 3.06. The molecule has 1 aliphatic heterocycles. The second-order valence-corrected chi connectivity index (χ2v) is 8.02. The number of aliphatic hydroxyl groups excluding tert-OH is 1. The number of carbonyl (C=O) groups excluding carboxylic acids is 1. The molecule has 2 aliphatic rings. The summed E-state index contributed by atoms with van der Waals surface area (Å²) in [4.78, 5) is 11.1. The van der Waals surface area contributed by atoms with Crippen LogP contribution in [-0.2, 0) is 19.6 Å². The monoisotopic (exact) mass is 319 g/mol. The lowest BCUT2D eigenvalue weighted by atomic mass is 9.95. The summed E-state index contributed by atoms with van der Waals surface area (Å²) in [5, 5.41) is 10.0. The Balaban J connectivity index is 1.96. The Bertz CT molecular complexity index is 464. The van der Waals surface area contributed by atoms with Gasteiger partial charge in [0.05, 0.1) is 19.0 Å². The molecule has 0 aromatic rings. The van der Waals surface area contributed by atoms with E-state index in [1.165, 1.54) is 7.11 Å². The van der Waals surface area contributed by atoms with Crippen LogP contribution in [0.2, 0.25) is 0 Å². The summed E-state index contributed by atoms with van der Waals surface area (Å²) in [6.45, 7) is 0.536. The summed E-state index contributed by atoms with van der Waals surface area (Å²) in [6.07, 6.45) is 4.37. The Kier molecular flexibility index (Phi) is 5.62. The highest BCUT2D eigenvalue weighted by molar-refractivity contribution is 7.89. The van der Waals surface area contributed by atoms with Crippen LogP contribution in [0.3, 0.4) is 0 Å². The zero-order chi connectivity index (χ0) is 15.5. The van der Waals surface area contributed by atoms with Crippen molar-refractivity contribution in [2.45, 2.75) is 57.1 Å². The van der Waals surface area contributed by atoms with E-state index in [4.69, 9.17) is 0 Å². The molecule has 3 atom stereocenters. The largest absolute Gasteiger partial charge is 0.469 e. The van der Waals surface area contributed by atoms with Crippen LogP contribution in [0.25, 0.3) is 0 Å². The molecular weight excluding hydrogens is 294 g/mol. The summed E-state index contributed by atoms with van der Waals surface area (Å²) in [5.41, 5.74) is 0. The molecule has 122 valence electrons. The van der Waals surface area contributed by atoms with Crippen LogP contribution in [0.5, 0.6) is 0 Å². The quantitative estimate of drug-likeness (QED) is 0.735. The second-order valence-electron chi connectivity index (χ2n) is 5.98. The zero-order valence-corrected chi connectivity index (χ0v) is 13.3. The van der Waals surface area contributed by atoms with E-state index in [1.54, 1.807) is 4.31 Å². The van der Waals surface area contributed by atoms with E-state index in [1.807, 2.05) is 0 Å². The van der Waals surface area contributed by atoms with Gasteiger partial charge in [-0.05, 0) is 32.1 Å². The Morgan fingerprint density at radius 2 is 2.05 bits per heavy atom. The maximum atomic E-state index is 12.5. The van der Waals surface area contributed by atoms with Gasteiger partial charge in [-0.15, -0.1) is 0 Å². The molecule has 1 N–H and O–H groups in total. The number of carbonyl (C=O) groups is 1. The van der Waals surface area contributed by atoms with Gasteiger partial charge in [0.2, 0.25) is 10.0 Å². The summed E-state index contributed by atoms with van der Waals surface area (Å²) in [5.74, 6) is -0.334. The second kappa shape index (κ2) is 7.07. The van der Waals surface area contributed by atoms with Crippen molar-refractivity contribution >= 4 is 16.0 Å². The number of hydrogen-bond acceptors (Lipinski definition) is 5. The predicted octanol–water partition coefficient (Wildman–Crippen LogP) is 0.895. The molecular formula is C14H25NO5S. The Morgan fingerprint density at radius 1 is 1.29 bits per heavy atom. The minimum Gasteiger partial charge on any atom is -0.469 e. The van der Waals surface area contributed by atoms with Crippen molar-refractivity contribution < 1.29 is 23.1 Å². The Labute approximate surface area is 126 Å². The molecule has 0 spiro atoms. The molecule has 7 heteroatoms. The molecule has 1 aliphatic carbocycles. The number of rotatable bonds is 6. The molecule has 3 unspecified atom stereocenters. The maximum Gasteiger partial charge on any atom is 0.305 e.